The molecule has 2 unspecified atom stereocenters. The lowest BCUT2D eigenvalue weighted by Crippen LogP contribution is -2.29. The van der Waals surface area contributed by atoms with Crippen molar-refractivity contribution in [2.24, 2.45) is 0 Å². The maximum absolute atomic E-state index is 5.86. The van der Waals surface area contributed by atoms with Gasteiger partial charge in [-0.05, 0) is 93.0 Å². The fourth-order valence-electron chi connectivity index (χ4n) is 5.00. The molecule has 0 amide bonds. The summed E-state index contributed by atoms with van der Waals surface area (Å²) >= 11 is 5.86. The Morgan fingerprint density at radius 1 is 0.912 bits per heavy atom. The number of thiocarbonyl (C=S) groups is 1. The maximum atomic E-state index is 5.86. The molecule has 3 aromatic heterocycles. The van der Waals surface area contributed by atoms with E-state index in [1.54, 1.807) is 0 Å². The Hall–Kier alpha value is -3.51. The SMILES string of the molecule is Cc1ccc(C)c(-n2c(C)cc(C3C(c4ccccn4)NC(=S)N3Cc3ccccn3)c2C)c1. The van der Waals surface area contributed by atoms with Crippen LogP contribution in [-0.4, -0.2) is 24.5 Å². The van der Waals surface area contributed by atoms with Gasteiger partial charge in [-0.1, -0.05) is 24.3 Å². The van der Waals surface area contributed by atoms with Crippen LogP contribution in [0, 0.1) is 27.7 Å². The van der Waals surface area contributed by atoms with Gasteiger partial charge in [0.1, 0.15) is 0 Å². The topological polar surface area (TPSA) is 46.0 Å². The van der Waals surface area contributed by atoms with E-state index in [0.29, 0.717) is 6.54 Å². The normalized spacial score (nSPS) is 17.8. The molecule has 1 aliphatic heterocycles. The first-order valence-electron chi connectivity index (χ1n) is 11.6. The van der Waals surface area contributed by atoms with Gasteiger partial charge in [-0.25, -0.2) is 0 Å². The van der Waals surface area contributed by atoms with Crippen LogP contribution in [0.5, 0.6) is 0 Å². The summed E-state index contributed by atoms with van der Waals surface area (Å²) in [5.41, 5.74) is 9.37. The zero-order valence-corrected chi connectivity index (χ0v) is 20.8. The molecule has 172 valence electrons. The van der Waals surface area contributed by atoms with Crippen LogP contribution in [0.1, 0.15) is 51.5 Å². The Labute approximate surface area is 206 Å². The highest BCUT2D eigenvalue weighted by atomic mass is 32.1. The summed E-state index contributed by atoms with van der Waals surface area (Å²) in [6, 6.07) is 20.9. The summed E-state index contributed by atoms with van der Waals surface area (Å²) in [5, 5.41) is 4.29. The van der Waals surface area contributed by atoms with E-state index in [0.717, 1.165) is 16.5 Å². The Morgan fingerprint density at radius 2 is 1.68 bits per heavy atom. The molecule has 0 radical (unpaired) electrons. The van der Waals surface area contributed by atoms with E-state index in [1.165, 1.54) is 33.8 Å². The fourth-order valence-corrected chi connectivity index (χ4v) is 5.30. The monoisotopic (exact) mass is 467 g/mol. The molecule has 2 atom stereocenters. The van der Waals surface area contributed by atoms with Crippen LogP contribution in [0.3, 0.4) is 0 Å². The summed E-state index contributed by atoms with van der Waals surface area (Å²) in [6.45, 7) is 9.33. The van der Waals surface area contributed by atoms with E-state index in [4.69, 9.17) is 12.2 Å². The smallest absolute Gasteiger partial charge is 0.170 e. The lowest BCUT2D eigenvalue weighted by molar-refractivity contribution is 0.307. The number of nitrogens with zero attached hydrogens (tertiary/aromatic N) is 4. The van der Waals surface area contributed by atoms with Crippen molar-refractivity contribution < 1.29 is 0 Å². The molecule has 0 saturated carbocycles. The van der Waals surface area contributed by atoms with Crippen molar-refractivity contribution in [3.63, 3.8) is 0 Å². The van der Waals surface area contributed by atoms with Gasteiger partial charge in [0.15, 0.2) is 5.11 Å². The van der Waals surface area contributed by atoms with Gasteiger partial charge in [-0.2, -0.15) is 0 Å². The molecular weight excluding hydrogens is 438 g/mol. The van der Waals surface area contributed by atoms with Crippen molar-refractivity contribution in [3.05, 3.63) is 113 Å². The second-order valence-electron chi connectivity index (χ2n) is 9.03. The predicted molar refractivity (Wildman–Crippen MR) is 140 cm³/mol. The van der Waals surface area contributed by atoms with Crippen molar-refractivity contribution in [2.75, 3.05) is 0 Å². The zero-order chi connectivity index (χ0) is 23.8. The highest BCUT2D eigenvalue weighted by Gasteiger charge is 2.41. The molecule has 0 aliphatic carbocycles. The van der Waals surface area contributed by atoms with Crippen LogP contribution >= 0.6 is 12.2 Å². The summed E-state index contributed by atoms with van der Waals surface area (Å²) in [6.07, 6.45) is 3.68. The standard InChI is InChI=1S/C28H29N5S/c1-18-11-12-19(2)25(15-18)33-20(3)16-23(21(33)4)27-26(24-10-6-8-14-30-24)31-28(34)32(27)17-22-9-5-7-13-29-22/h5-16,26-27H,17H2,1-4H3,(H,31,34). The van der Waals surface area contributed by atoms with Crippen LogP contribution in [0.15, 0.2) is 73.1 Å². The molecular formula is C28H29N5S. The van der Waals surface area contributed by atoms with E-state index in [9.17, 15) is 0 Å². The largest absolute Gasteiger partial charge is 0.352 e. The van der Waals surface area contributed by atoms with Gasteiger partial charge in [-0.3, -0.25) is 9.97 Å². The van der Waals surface area contributed by atoms with E-state index in [-0.39, 0.29) is 12.1 Å². The quantitative estimate of drug-likeness (QED) is 0.383. The Morgan fingerprint density at radius 3 is 2.38 bits per heavy atom. The molecule has 0 spiro atoms. The lowest BCUT2D eigenvalue weighted by atomic mass is 9.96. The van der Waals surface area contributed by atoms with E-state index in [2.05, 4.69) is 82.8 Å². The minimum absolute atomic E-state index is 0.00512. The molecule has 4 aromatic rings. The van der Waals surface area contributed by atoms with Crippen molar-refractivity contribution in [2.45, 2.75) is 46.3 Å². The molecule has 0 bridgehead atoms. The Balaban J connectivity index is 1.64. The van der Waals surface area contributed by atoms with Gasteiger partial charge >= 0.3 is 0 Å². The molecule has 1 saturated heterocycles. The van der Waals surface area contributed by atoms with Crippen LogP contribution in [-0.2, 0) is 6.54 Å². The number of hydrogen-bond acceptors (Lipinski definition) is 3. The summed E-state index contributed by atoms with van der Waals surface area (Å²) < 4.78 is 2.37. The summed E-state index contributed by atoms with van der Waals surface area (Å²) in [5.74, 6) is 0. The summed E-state index contributed by atoms with van der Waals surface area (Å²) in [7, 11) is 0. The average Bonchev–Trinajstić information content (AvgIpc) is 3.31. The molecule has 5 rings (SSSR count). The Kier molecular flexibility index (Phi) is 5.92. The number of aryl methyl sites for hydroxylation is 3. The Bertz CT molecular complexity index is 1330. The third-order valence-electron chi connectivity index (χ3n) is 6.65. The molecule has 34 heavy (non-hydrogen) atoms. The number of nitrogens with one attached hydrogen (secondary N) is 1. The molecule has 6 heteroatoms. The molecule has 5 nitrogen and oxygen atoms in total. The molecule has 1 fully saturated rings. The first-order valence-corrected chi connectivity index (χ1v) is 12.0. The lowest BCUT2D eigenvalue weighted by Gasteiger charge is -2.28. The second kappa shape index (κ2) is 9.03. The zero-order valence-electron chi connectivity index (χ0n) is 20.0. The average molecular weight is 468 g/mol. The number of pyridine rings is 2. The summed E-state index contributed by atoms with van der Waals surface area (Å²) in [4.78, 5) is 11.5. The first-order chi connectivity index (χ1) is 16.4. The highest BCUT2D eigenvalue weighted by molar-refractivity contribution is 7.80. The minimum Gasteiger partial charge on any atom is -0.352 e. The van der Waals surface area contributed by atoms with E-state index < -0.39 is 0 Å². The van der Waals surface area contributed by atoms with Crippen LogP contribution in [0.4, 0.5) is 0 Å². The van der Waals surface area contributed by atoms with Crippen molar-refractivity contribution in [3.8, 4) is 5.69 Å². The number of hydrogen-bond donors (Lipinski definition) is 1. The van der Waals surface area contributed by atoms with Crippen molar-refractivity contribution in [1.82, 2.24) is 24.8 Å². The van der Waals surface area contributed by atoms with Crippen LogP contribution in [0.2, 0.25) is 0 Å². The molecule has 1 aliphatic rings. The third kappa shape index (κ3) is 3.99. The fraction of sp³-hybridized carbons (Fsp3) is 0.250. The number of benzene rings is 1. The van der Waals surface area contributed by atoms with Gasteiger partial charge < -0.3 is 14.8 Å². The van der Waals surface area contributed by atoms with Gasteiger partial charge in [0.2, 0.25) is 0 Å². The third-order valence-corrected chi connectivity index (χ3v) is 7.00. The predicted octanol–water partition coefficient (Wildman–Crippen LogP) is 5.67. The molecule has 1 aromatic carbocycles. The van der Waals surface area contributed by atoms with Gasteiger partial charge in [0.05, 0.1) is 30.0 Å². The van der Waals surface area contributed by atoms with Crippen LogP contribution in [0.25, 0.3) is 5.69 Å². The van der Waals surface area contributed by atoms with Gasteiger partial charge in [0.25, 0.3) is 0 Å². The van der Waals surface area contributed by atoms with Crippen LogP contribution < -0.4 is 5.32 Å². The van der Waals surface area contributed by atoms with E-state index >= 15 is 0 Å². The van der Waals surface area contributed by atoms with Gasteiger partial charge in [-0.15, -0.1) is 0 Å². The second-order valence-corrected chi connectivity index (χ2v) is 9.41. The van der Waals surface area contributed by atoms with Crippen molar-refractivity contribution in [1.29, 1.82) is 0 Å². The minimum atomic E-state index is -0.0510. The van der Waals surface area contributed by atoms with Gasteiger partial charge in [0, 0.05) is 29.5 Å². The number of aromatic nitrogens is 3. The molecule has 1 N–H and O–H groups in total. The maximum Gasteiger partial charge on any atom is 0.170 e. The highest BCUT2D eigenvalue weighted by Crippen LogP contribution is 2.42. The first kappa shape index (κ1) is 22.3. The molecule has 4 heterocycles. The number of rotatable bonds is 5. The van der Waals surface area contributed by atoms with E-state index in [1.807, 2.05) is 42.7 Å². The van der Waals surface area contributed by atoms with Crippen molar-refractivity contribution >= 4 is 17.3 Å².